The third kappa shape index (κ3) is 1.60. The lowest BCUT2D eigenvalue weighted by Crippen LogP contribution is -2.26. The topological polar surface area (TPSA) is 26.0 Å². The maximum absolute atomic E-state index is 5.56. The number of rotatable bonds is 1. The Morgan fingerprint density at radius 3 is 2.12 bits per heavy atom. The van der Waals surface area contributed by atoms with Crippen molar-refractivity contribution in [2.75, 3.05) is 6.17 Å². The van der Waals surface area contributed by atoms with Gasteiger partial charge in [-0.25, -0.2) is 0 Å². The highest BCUT2D eigenvalue weighted by Crippen LogP contribution is 2.17. The zero-order valence-electron chi connectivity index (χ0n) is 5.40. The Hall–Kier alpha value is 0.177. The molecular weight excluding hydrogens is 114 g/mol. The molecule has 1 saturated heterocycles. The van der Waals surface area contributed by atoms with Gasteiger partial charge < -0.3 is 5.73 Å². The van der Waals surface area contributed by atoms with Crippen LogP contribution in [-0.2, 0) is 0 Å². The average Bonchev–Trinajstić information content (AvgIpc) is 1.90. The maximum Gasteiger partial charge on any atom is 0.0523 e. The molecule has 0 aromatic heterocycles. The molecular formula is C6H15NSi. The molecule has 0 saturated carbocycles. The molecule has 0 aromatic rings. The normalized spacial score (nSPS) is 23.6. The summed E-state index contributed by atoms with van der Waals surface area (Å²) in [4.78, 5) is 0. The van der Waals surface area contributed by atoms with Gasteiger partial charge in [0.05, 0.1) is 8.80 Å². The fourth-order valence-corrected chi connectivity index (χ4v) is 3.91. The fourth-order valence-electron chi connectivity index (χ4n) is 1.42. The lowest BCUT2D eigenvalue weighted by atomic mass is 10.3. The molecule has 1 rings (SSSR count). The Balaban J connectivity index is 2.13. The minimum atomic E-state index is -0.328. The molecule has 1 aliphatic rings. The average molecular weight is 129 g/mol. The molecule has 0 amide bonds. The predicted molar refractivity (Wildman–Crippen MR) is 39.7 cm³/mol. The van der Waals surface area contributed by atoms with E-state index in [0.29, 0.717) is 0 Å². The van der Waals surface area contributed by atoms with Crippen LogP contribution in [0.4, 0.5) is 0 Å². The van der Waals surface area contributed by atoms with Gasteiger partial charge in [0.15, 0.2) is 0 Å². The van der Waals surface area contributed by atoms with Gasteiger partial charge in [0.25, 0.3) is 0 Å². The van der Waals surface area contributed by atoms with Gasteiger partial charge in [-0.05, 0) is 6.17 Å². The Morgan fingerprint density at radius 1 is 1.12 bits per heavy atom. The Bertz CT molecular complexity index is 59.5. The van der Waals surface area contributed by atoms with Crippen LogP contribution in [0.25, 0.3) is 0 Å². The van der Waals surface area contributed by atoms with E-state index in [0.717, 1.165) is 6.17 Å². The van der Waals surface area contributed by atoms with Crippen molar-refractivity contribution in [3.63, 3.8) is 0 Å². The molecule has 0 bridgehead atoms. The van der Waals surface area contributed by atoms with E-state index >= 15 is 0 Å². The van der Waals surface area contributed by atoms with Crippen LogP contribution >= 0.6 is 0 Å². The van der Waals surface area contributed by atoms with Gasteiger partial charge in [0.2, 0.25) is 0 Å². The van der Waals surface area contributed by atoms with Gasteiger partial charge in [-0.1, -0.05) is 31.4 Å². The van der Waals surface area contributed by atoms with Crippen molar-refractivity contribution in [3.05, 3.63) is 0 Å². The standard InChI is InChI=1S/C6H15NSi/c7-6-8-4-2-1-3-5-8/h8H,1-7H2. The van der Waals surface area contributed by atoms with Crippen LogP contribution in [0.3, 0.4) is 0 Å². The lowest BCUT2D eigenvalue weighted by molar-refractivity contribution is 0.720. The van der Waals surface area contributed by atoms with Crippen LogP contribution in [0.5, 0.6) is 0 Å². The zero-order valence-corrected chi connectivity index (χ0v) is 6.55. The van der Waals surface area contributed by atoms with E-state index in [4.69, 9.17) is 5.73 Å². The van der Waals surface area contributed by atoms with Crippen molar-refractivity contribution >= 4 is 8.80 Å². The molecule has 2 heteroatoms. The largest absolute Gasteiger partial charge is 0.333 e. The summed E-state index contributed by atoms with van der Waals surface area (Å²) in [6, 6.07) is 3.05. The lowest BCUT2D eigenvalue weighted by Gasteiger charge is -2.17. The molecule has 1 nitrogen and oxygen atoms in total. The first kappa shape index (κ1) is 6.30. The van der Waals surface area contributed by atoms with Gasteiger partial charge in [-0.2, -0.15) is 0 Å². The highest BCUT2D eigenvalue weighted by Gasteiger charge is 2.11. The first-order valence-corrected chi connectivity index (χ1v) is 6.08. The summed E-state index contributed by atoms with van der Waals surface area (Å²) in [5, 5.41) is 0. The zero-order chi connectivity index (χ0) is 5.82. The molecule has 0 spiro atoms. The Kier molecular flexibility index (Phi) is 2.56. The van der Waals surface area contributed by atoms with Crippen LogP contribution in [0.2, 0.25) is 12.1 Å². The maximum atomic E-state index is 5.56. The third-order valence-corrected chi connectivity index (χ3v) is 5.17. The molecule has 1 aliphatic heterocycles. The molecule has 0 atom stereocenters. The summed E-state index contributed by atoms with van der Waals surface area (Å²) in [6.07, 6.45) is 5.49. The van der Waals surface area contributed by atoms with Crippen molar-refractivity contribution in [1.82, 2.24) is 0 Å². The second-order valence-corrected chi connectivity index (χ2v) is 6.10. The van der Waals surface area contributed by atoms with Gasteiger partial charge in [0, 0.05) is 0 Å². The monoisotopic (exact) mass is 129 g/mol. The molecule has 1 heterocycles. The van der Waals surface area contributed by atoms with Gasteiger partial charge in [-0.3, -0.25) is 0 Å². The van der Waals surface area contributed by atoms with E-state index in [1.54, 1.807) is 0 Å². The Labute approximate surface area is 52.9 Å². The van der Waals surface area contributed by atoms with Crippen molar-refractivity contribution in [1.29, 1.82) is 0 Å². The Morgan fingerprint density at radius 2 is 1.75 bits per heavy atom. The summed E-state index contributed by atoms with van der Waals surface area (Å²) in [7, 11) is -0.328. The first-order chi connectivity index (χ1) is 3.93. The minimum Gasteiger partial charge on any atom is -0.333 e. The van der Waals surface area contributed by atoms with E-state index in [1.807, 2.05) is 0 Å². The second kappa shape index (κ2) is 3.25. The predicted octanol–water partition coefficient (Wildman–Crippen LogP) is 0.895. The molecule has 2 N–H and O–H groups in total. The van der Waals surface area contributed by atoms with Crippen LogP contribution in [0, 0.1) is 0 Å². The van der Waals surface area contributed by atoms with Crippen LogP contribution < -0.4 is 5.73 Å². The molecule has 48 valence electrons. The molecule has 0 aromatic carbocycles. The van der Waals surface area contributed by atoms with Crippen molar-refractivity contribution in [2.45, 2.75) is 31.4 Å². The first-order valence-electron chi connectivity index (χ1n) is 3.63. The summed E-state index contributed by atoms with van der Waals surface area (Å²) in [5.74, 6) is 0. The van der Waals surface area contributed by atoms with Crippen molar-refractivity contribution < 1.29 is 0 Å². The molecule has 1 fully saturated rings. The molecule has 8 heavy (non-hydrogen) atoms. The highest BCUT2D eigenvalue weighted by molar-refractivity contribution is 6.59. The fraction of sp³-hybridized carbons (Fsp3) is 1.00. The van der Waals surface area contributed by atoms with Crippen LogP contribution in [0.15, 0.2) is 0 Å². The smallest absolute Gasteiger partial charge is 0.0523 e. The second-order valence-electron chi connectivity index (χ2n) is 2.74. The highest BCUT2D eigenvalue weighted by atomic mass is 28.3. The van der Waals surface area contributed by atoms with Crippen LogP contribution in [-0.4, -0.2) is 15.0 Å². The van der Waals surface area contributed by atoms with Crippen molar-refractivity contribution in [3.8, 4) is 0 Å². The summed E-state index contributed by atoms with van der Waals surface area (Å²) in [6.45, 7) is 0. The van der Waals surface area contributed by atoms with Crippen LogP contribution in [0.1, 0.15) is 19.3 Å². The van der Waals surface area contributed by atoms with E-state index in [-0.39, 0.29) is 8.80 Å². The number of hydrogen-bond acceptors (Lipinski definition) is 1. The number of hydrogen-bond donors (Lipinski definition) is 1. The van der Waals surface area contributed by atoms with E-state index in [2.05, 4.69) is 0 Å². The molecule has 0 unspecified atom stereocenters. The van der Waals surface area contributed by atoms with Gasteiger partial charge in [0.1, 0.15) is 0 Å². The molecule has 0 aliphatic carbocycles. The summed E-state index contributed by atoms with van der Waals surface area (Å²) >= 11 is 0. The molecule has 0 radical (unpaired) electrons. The number of nitrogens with two attached hydrogens (primary N) is 1. The quantitative estimate of drug-likeness (QED) is 0.523. The van der Waals surface area contributed by atoms with E-state index in [1.165, 1.54) is 31.4 Å². The van der Waals surface area contributed by atoms with Crippen molar-refractivity contribution in [2.24, 2.45) is 5.73 Å². The SMILES string of the molecule is NC[SiH]1CCCCC1. The van der Waals surface area contributed by atoms with E-state index < -0.39 is 0 Å². The third-order valence-electron chi connectivity index (χ3n) is 2.06. The summed E-state index contributed by atoms with van der Waals surface area (Å²) < 4.78 is 0. The summed E-state index contributed by atoms with van der Waals surface area (Å²) in [5.41, 5.74) is 5.56. The van der Waals surface area contributed by atoms with Gasteiger partial charge >= 0.3 is 0 Å². The van der Waals surface area contributed by atoms with Gasteiger partial charge in [-0.15, -0.1) is 0 Å². The minimum absolute atomic E-state index is 0.328. The van der Waals surface area contributed by atoms with E-state index in [9.17, 15) is 0 Å².